The van der Waals surface area contributed by atoms with Gasteiger partial charge in [-0.25, -0.2) is 0 Å². The van der Waals surface area contributed by atoms with Crippen LogP contribution < -0.4 is 5.73 Å². The van der Waals surface area contributed by atoms with Crippen molar-refractivity contribution >= 4 is 5.84 Å². The zero-order valence-corrected chi connectivity index (χ0v) is 5.67. The molecule has 1 aliphatic rings. The Morgan fingerprint density at radius 3 is 3.33 bits per heavy atom. The Morgan fingerprint density at radius 2 is 2.56 bits per heavy atom. The smallest absolute Gasteiger partial charge is 0.117 e. The molecule has 50 valence electrons. The molecule has 1 heterocycles. The van der Waals surface area contributed by atoms with Gasteiger partial charge in [-0.05, 0) is 18.4 Å². The Bertz CT molecular complexity index is 147. The molecule has 0 radical (unpaired) electrons. The molecule has 0 aliphatic carbocycles. The van der Waals surface area contributed by atoms with Crippen LogP contribution in [-0.4, -0.2) is 12.4 Å². The molecule has 0 aromatic carbocycles. The summed E-state index contributed by atoms with van der Waals surface area (Å²) in [5.41, 5.74) is 5.46. The Kier molecular flexibility index (Phi) is 1.88. The maximum absolute atomic E-state index is 5.46. The summed E-state index contributed by atoms with van der Waals surface area (Å²) in [5.74, 6) is 1.32. The molecule has 0 fully saturated rings. The van der Waals surface area contributed by atoms with E-state index in [2.05, 4.69) is 18.0 Å². The topological polar surface area (TPSA) is 38.4 Å². The second kappa shape index (κ2) is 2.67. The summed E-state index contributed by atoms with van der Waals surface area (Å²) in [4.78, 5) is 4.11. The highest BCUT2D eigenvalue weighted by atomic mass is 14.8. The summed E-state index contributed by atoms with van der Waals surface area (Å²) in [6.07, 6.45) is 5.06. The van der Waals surface area contributed by atoms with Crippen LogP contribution in [0.4, 0.5) is 0 Å². The molecule has 2 nitrogen and oxygen atoms in total. The van der Waals surface area contributed by atoms with Crippen LogP contribution in [0.1, 0.15) is 13.3 Å². The van der Waals surface area contributed by atoms with E-state index in [4.69, 9.17) is 5.73 Å². The minimum Gasteiger partial charge on any atom is -0.384 e. The highest BCUT2D eigenvalue weighted by Gasteiger charge is 2.00. The summed E-state index contributed by atoms with van der Waals surface area (Å²) in [6.45, 7) is 3.05. The third-order valence-corrected chi connectivity index (χ3v) is 1.41. The molecule has 1 atom stereocenters. The first kappa shape index (κ1) is 6.33. The van der Waals surface area contributed by atoms with E-state index in [1.807, 2.05) is 6.08 Å². The van der Waals surface area contributed by atoms with Gasteiger partial charge in [-0.3, -0.25) is 4.99 Å². The first-order valence-corrected chi connectivity index (χ1v) is 3.25. The Hall–Kier alpha value is -0.790. The molecular formula is C7H12N2. The van der Waals surface area contributed by atoms with Crippen molar-refractivity contribution in [1.29, 1.82) is 0 Å². The van der Waals surface area contributed by atoms with Crippen LogP contribution in [0.15, 0.2) is 17.1 Å². The Balaban J connectivity index is 2.58. The monoisotopic (exact) mass is 124 g/mol. The van der Waals surface area contributed by atoms with E-state index >= 15 is 0 Å². The molecule has 9 heavy (non-hydrogen) atoms. The summed E-state index contributed by atoms with van der Waals surface area (Å²) >= 11 is 0. The van der Waals surface area contributed by atoms with Crippen molar-refractivity contribution in [3.05, 3.63) is 12.2 Å². The predicted molar refractivity (Wildman–Crippen MR) is 39.4 cm³/mol. The lowest BCUT2D eigenvalue weighted by Crippen LogP contribution is -2.07. The standard InChI is InChI=1S/C7H12N2/c1-6-3-2-4-7(8)9-5-6/h2,4,6H,3,5H2,1H3,(H2,8,9). The van der Waals surface area contributed by atoms with E-state index in [1.165, 1.54) is 0 Å². The number of nitrogens with zero attached hydrogens (tertiary/aromatic N) is 1. The van der Waals surface area contributed by atoms with Gasteiger partial charge in [0.25, 0.3) is 0 Å². The van der Waals surface area contributed by atoms with Crippen molar-refractivity contribution in [2.45, 2.75) is 13.3 Å². The number of aliphatic imine (C=N–C) groups is 1. The van der Waals surface area contributed by atoms with Crippen LogP contribution in [0.25, 0.3) is 0 Å². The predicted octanol–water partition coefficient (Wildman–Crippen LogP) is 0.940. The number of allylic oxidation sites excluding steroid dienone is 1. The lowest BCUT2D eigenvalue weighted by Gasteiger charge is -1.99. The fourth-order valence-electron chi connectivity index (χ4n) is 0.810. The normalized spacial score (nSPS) is 27.2. The van der Waals surface area contributed by atoms with Crippen molar-refractivity contribution in [2.75, 3.05) is 6.54 Å². The number of nitrogens with two attached hydrogens (primary N) is 1. The van der Waals surface area contributed by atoms with Crippen molar-refractivity contribution in [3.8, 4) is 0 Å². The van der Waals surface area contributed by atoms with E-state index in [0.717, 1.165) is 13.0 Å². The summed E-state index contributed by atoms with van der Waals surface area (Å²) in [7, 11) is 0. The second-order valence-corrected chi connectivity index (χ2v) is 2.51. The number of hydrogen-bond donors (Lipinski definition) is 1. The van der Waals surface area contributed by atoms with E-state index < -0.39 is 0 Å². The van der Waals surface area contributed by atoms with Crippen LogP contribution in [0, 0.1) is 5.92 Å². The van der Waals surface area contributed by atoms with Gasteiger partial charge in [-0.1, -0.05) is 13.0 Å². The fraction of sp³-hybridized carbons (Fsp3) is 0.571. The molecule has 1 aliphatic heterocycles. The third-order valence-electron chi connectivity index (χ3n) is 1.41. The summed E-state index contributed by atoms with van der Waals surface area (Å²) in [5, 5.41) is 0. The number of amidine groups is 1. The average Bonchev–Trinajstić information content (AvgIpc) is 1.97. The van der Waals surface area contributed by atoms with Crippen LogP contribution in [-0.2, 0) is 0 Å². The molecule has 0 aromatic heterocycles. The van der Waals surface area contributed by atoms with Gasteiger partial charge in [0.1, 0.15) is 5.84 Å². The van der Waals surface area contributed by atoms with E-state index in [9.17, 15) is 0 Å². The molecule has 0 amide bonds. The van der Waals surface area contributed by atoms with Gasteiger partial charge in [-0.15, -0.1) is 0 Å². The minimum absolute atomic E-state index is 0.655. The molecule has 0 spiro atoms. The lowest BCUT2D eigenvalue weighted by molar-refractivity contribution is 0.611. The van der Waals surface area contributed by atoms with Gasteiger partial charge in [-0.2, -0.15) is 0 Å². The first-order valence-electron chi connectivity index (χ1n) is 3.25. The highest BCUT2D eigenvalue weighted by molar-refractivity contribution is 5.91. The van der Waals surface area contributed by atoms with Crippen LogP contribution in [0.2, 0.25) is 0 Å². The average molecular weight is 124 g/mol. The Labute approximate surface area is 55.5 Å². The number of rotatable bonds is 0. The zero-order valence-electron chi connectivity index (χ0n) is 5.67. The summed E-state index contributed by atoms with van der Waals surface area (Å²) in [6, 6.07) is 0. The molecule has 0 saturated heterocycles. The molecule has 1 rings (SSSR count). The van der Waals surface area contributed by atoms with Crippen LogP contribution in [0.5, 0.6) is 0 Å². The van der Waals surface area contributed by atoms with Crippen LogP contribution in [0.3, 0.4) is 0 Å². The van der Waals surface area contributed by atoms with Gasteiger partial charge < -0.3 is 5.73 Å². The van der Waals surface area contributed by atoms with Crippen molar-refractivity contribution in [3.63, 3.8) is 0 Å². The van der Waals surface area contributed by atoms with E-state index in [-0.39, 0.29) is 0 Å². The highest BCUT2D eigenvalue weighted by Crippen LogP contribution is 2.05. The van der Waals surface area contributed by atoms with Crippen molar-refractivity contribution in [1.82, 2.24) is 0 Å². The molecule has 0 saturated carbocycles. The molecule has 0 aromatic rings. The van der Waals surface area contributed by atoms with Crippen molar-refractivity contribution in [2.24, 2.45) is 16.6 Å². The molecular weight excluding hydrogens is 112 g/mol. The van der Waals surface area contributed by atoms with Gasteiger partial charge in [0.15, 0.2) is 0 Å². The van der Waals surface area contributed by atoms with Gasteiger partial charge in [0.05, 0.1) is 0 Å². The second-order valence-electron chi connectivity index (χ2n) is 2.51. The fourth-order valence-corrected chi connectivity index (χ4v) is 0.810. The lowest BCUT2D eigenvalue weighted by atomic mass is 10.1. The van der Waals surface area contributed by atoms with E-state index in [0.29, 0.717) is 11.8 Å². The van der Waals surface area contributed by atoms with Gasteiger partial charge in [0.2, 0.25) is 0 Å². The largest absolute Gasteiger partial charge is 0.384 e. The molecule has 2 N–H and O–H groups in total. The summed E-state index contributed by atoms with van der Waals surface area (Å²) < 4.78 is 0. The Morgan fingerprint density at radius 1 is 1.78 bits per heavy atom. The van der Waals surface area contributed by atoms with Crippen molar-refractivity contribution < 1.29 is 0 Å². The number of hydrogen-bond acceptors (Lipinski definition) is 2. The maximum atomic E-state index is 5.46. The van der Waals surface area contributed by atoms with E-state index in [1.54, 1.807) is 0 Å². The first-order chi connectivity index (χ1) is 4.29. The molecule has 2 heteroatoms. The maximum Gasteiger partial charge on any atom is 0.117 e. The minimum atomic E-state index is 0.655. The SMILES string of the molecule is CC1CC=CC(N)=NC1. The van der Waals surface area contributed by atoms with Gasteiger partial charge >= 0.3 is 0 Å². The zero-order chi connectivity index (χ0) is 6.69. The third kappa shape index (κ3) is 1.88. The quantitative estimate of drug-likeness (QED) is 0.512. The van der Waals surface area contributed by atoms with Gasteiger partial charge in [0, 0.05) is 6.54 Å². The molecule has 1 unspecified atom stereocenters. The van der Waals surface area contributed by atoms with Crippen LogP contribution >= 0.6 is 0 Å². The molecule has 0 bridgehead atoms.